The fourth-order valence-electron chi connectivity index (χ4n) is 9.95. The second kappa shape index (κ2) is 25.7. The molecule has 3 heterocycles. The van der Waals surface area contributed by atoms with Gasteiger partial charge in [-0.25, -0.2) is 4.98 Å². The van der Waals surface area contributed by atoms with Crippen LogP contribution in [0.5, 0.6) is 5.75 Å². The predicted molar refractivity (Wildman–Crippen MR) is 291 cm³/mol. The van der Waals surface area contributed by atoms with E-state index in [1.807, 2.05) is 82.6 Å². The van der Waals surface area contributed by atoms with Crippen LogP contribution in [-0.2, 0) is 20.8 Å². The molecule has 2 aliphatic rings. The number of carbonyl (C=O) groups excluding carboxylic acids is 6. The minimum absolute atomic E-state index is 0.0161. The number of fused-ring (bicyclic) bond motifs is 1. The monoisotopic (exact) mass is 1060 g/mol. The molecule has 1 unspecified atom stereocenters. The van der Waals surface area contributed by atoms with Crippen molar-refractivity contribution >= 4 is 46.8 Å². The molecule has 6 amide bonds. The summed E-state index contributed by atoms with van der Waals surface area (Å²) in [5, 5.41) is 37.1. The number of amides is 6. The van der Waals surface area contributed by atoms with Gasteiger partial charge < -0.3 is 45.8 Å². The number of aliphatic hydroxyl groups is 1. The molecule has 1 aliphatic carbocycles. The Morgan fingerprint density at radius 2 is 1.54 bits per heavy atom. The number of rotatable bonds is 23. The van der Waals surface area contributed by atoms with Gasteiger partial charge in [0.15, 0.2) is 11.5 Å². The summed E-state index contributed by atoms with van der Waals surface area (Å²) in [7, 11) is 3.19. The van der Waals surface area contributed by atoms with Crippen LogP contribution < -0.4 is 21.3 Å². The standard InChI is InChI=1S/C58H74N8O9S/c1-35(37-18-21-39(22-19-37)51-36(2)60-34-76-51)61-55(72)47-31-42(67)33-66(47)57(74)52(58(3,4)5)63-50(69)17-15-13-11-9-8-10-12-14-16-28-59-53(70)41-23-20-38-25-27-45(44(38)29-41)62-54(71)46-32-49(75-64-46)40-24-26-43(48(68)30-40)56(73)65(6)7/h18-24,26,29-30,32,34-35,42,45,47,52,67-68H,8-17,25,27-28,31,33H2,1-7H3,(H,59,70)(H,61,72)(H,62,71)(H,63,69)/t35-,42+,45+,47-,52?/m0/s1. The van der Waals surface area contributed by atoms with E-state index in [4.69, 9.17) is 4.52 Å². The molecule has 1 fully saturated rings. The third-order valence-corrected chi connectivity index (χ3v) is 15.4. The molecule has 0 spiro atoms. The maximum absolute atomic E-state index is 14.1. The van der Waals surface area contributed by atoms with Gasteiger partial charge in [0.1, 0.15) is 17.8 Å². The van der Waals surface area contributed by atoms with E-state index in [0.29, 0.717) is 36.9 Å². The Kier molecular flexibility index (Phi) is 19.2. The summed E-state index contributed by atoms with van der Waals surface area (Å²) in [6.07, 6.45) is 9.69. The minimum atomic E-state index is -0.871. The first kappa shape index (κ1) is 56.8. The number of β-amino-alcohol motifs (C(OH)–C–C–N with tert-alkyl or cyclic N) is 1. The summed E-state index contributed by atoms with van der Waals surface area (Å²) < 4.78 is 5.42. The maximum atomic E-state index is 14.1. The number of benzene rings is 3. The molecule has 406 valence electrons. The second-order valence-corrected chi connectivity index (χ2v) is 22.4. The molecule has 6 N–H and O–H groups in total. The van der Waals surface area contributed by atoms with Crippen molar-refractivity contribution in [1.82, 2.24) is 41.2 Å². The number of aromatic nitrogens is 2. The first-order valence-electron chi connectivity index (χ1n) is 26.6. The number of thiazole rings is 1. The highest BCUT2D eigenvalue weighted by Gasteiger charge is 2.44. The largest absolute Gasteiger partial charge is 0.507 e. The van der Waals surface area contributed by atoms with E-state index in [2.05, 4.69) is 31.4 Å². The van der Waals surface area contributed by atoms with Crippen LogP contribution in [0, 0.1) is 12.3 Å². The fourth-order valence-corrected chi connectivity index (χ4v) is 10.8. The Morgan fingerprint density at radius 3 is 2.20 bits per heavy atom. The van der Waals surface area contributed by atoms with Crippen molar-refractivity contribution in [2.45, 2.75) is 148 Å². The van der Waals surface area contributed by atoms with Crippen LogP contribution in [-0.4, -0.2) is 111 Å². The molecule has 1 saturated heterocycles. The predicted octanol–water partition coefficient (Wildman–Crippen LogP) is 8.60. The van der Waals surface area contributed by atoms with Crippen LogP contribution in [0.15, 0.2) is 76.8 Å². The van der Waals surface area contributed by atoms with E-state index in [9.17, 15) is 39.0 Å². The van der Waals surface area contributed by atoms with E-state index in [1.54, 1.807) is 31.5 Å². The van der Waals surface area contributed by atoms with Crippen molar-refractivity contribution in [2.24, 2.45) is 5.41 Å². The number of unbranched alkanes of at least 4 members (excludes halogenated alkanes) is 8. The number of hydrogen-bond donors (Lipinski definition) is 6. The number of nitrogens with zero attached hydrogens (tertiary/aromatic N) is 4. The highest BCUT2D eigenvalue weighted by atomic mass is 32.1. The van der Waals surface area contributed by atoms with Gasteiger partial charge in [0, 0.05) is 57.2 Å². The molecule has 18 heteroatoms. The van der Waals surface area contributed by atoms with Gasteiger partial charge in [-0.05, 0) is 91.5 Å². The van der Waals surface area contributed by atoms with Gasteiger partial charge in [0.05, 0.1) is 39.8 Å². The van der Waals surface area contributed by atoms with Gasteiger partial charge in [0.25, 0.3) is 17.7 Å². The summed E-state index contributed by atoms with van der Waals surface area (Å²) in [4.78, 5) is 88.0. The van der Waals surface area contributed by atoms with Crippen LogP contribution in [0.3, 0.4) is 0 Å². The average Bonchev–Trinajstić information content (AvgIpc) is 4.23. The molecule has 5 aromatic rings. The van der Waals surface area contributed by atoms with Crippen molar-refractivity contribution in [3.63, 3.8) is 0 Å². The Balaban J connectivity index is 0.757. The molecule has 0 radical (unpaired) electrons. The Morgan fingerprint density at radius 1 is 0.855 bits per heavy atom. The highest BCUT2D eigenvalue weighted by molar-refractivity contribution is 7.13. The molecule has 2 aromatic heterocycles. The van der Waals surface area contributed by atoms with Gasteiger partial charge in [-0.1, -0.05) is 107 Å². The zero-order valence-corrected chi connectivity index (χ0v) is 45.7. The Labute approximate surface area is 449 Å². The number of nitrogens with one attached hydrogen (secondary N) is 4. The summed E-state index contributed by atoms with van der Waals surface area (Å²) in [6.45, 7) is 10.1. The molecule has 0 bridgehead atoms. The number of aliphatic hydroxyl groups excluding tert-OH is 1. The summed E-state index contributed by atoms with van der Waals surface area (Å²) in [5.74, 6) is -1.81. The third-order valence-electron chi connectivity index (χ3n) is 14.4. The number of phenolic OH excluding ortho intramolecular Hbond substituents is 1. The SMILES string of the molecule is Cc1ncsc1-c1ccc([C@H](C)NC(=O)[C@@H]2C[C@@H](O)CN2C(=O)C(NC(=O)CCCCCCCCCCCNC(=O)c2ccc3c(c2)[C@H](NC(=O)c2cc(-c4ccc(C(=O)N(C)C)c(O)c4)on2)CC3)C(C)(C)C)cc1. The van der Waals surface area contributed by atoms with Crippen LogP contribution in [0.4, 0.5) is 0 Å². The molecule has 1 aliphatic heterocycles. The summed E-state index contributed by atoms with van der Waals surface area (Å²) >= 11 is 1.58. The van der Waals surface area contributed by atoms with Gasteiger partial charge in [-0.2, -0.15) is 0 Å². The number of likely N-dealkylation sites (tertiary alicyclic amines) is 1. The molecular formula is C58H74N8O9S. The smallest absolute Gasteiger partial charge is 0.273 e. The van der Waals surface area contributed by atoms with Crippen molar-refractivity contribution in [3.05, 3.63) is 111 Å². The lowest BCUT2D eigenvalue weighted by atomic mass is 9.85. The fraction of sp³-hybridized carbons (Fsp3) is 0.483. The molecule has 7 rings (SSSR count). The molecule has 3 aromatic carbocycles. The van der Waals surface area contributed by atoms with Crippen LogP contribution >= 0.6 is 11.3 Å². The first-order chi connectivity index (χ1) is 36.3. The lowest BCUT2D eigenvalue weighted by molar-refractivity contribution is -0.144. The van der Waals surface area contributed by atoms with Gasteiger partial charge in [-0.15, -0.1) is 11.3 Å². The van der Waals surface area contributed by atoms with Crippen molar-refractivity contribution < 1.29 is 43.5 Å². The van der Waals surface area contributed by atoms with Crippen molar-refractivity contribution in [2.75, 3.05) is 27.2 Å². The average molecular weight is 1060 g/mol. The summed E-state index contributed by atoms with van der Waals surface area (Å²) in [5.41, 5.74) is 7.28. The molecular weight excluding hydrogens is 985 g/mol. The number of aryl methyl sites for hydroxylation is 2. The number of phenols is 1. The van der Waals surface area contributed by atoms with E-state index >= 15 is 0 Å². The Hall–Kier alpha value is -6.92. The topological polar surface area (TPSA) is 236 Å². The Bertz CT molecular complexity index is 2850. The molecule has 0 saturated carbocycles. The number of aromatic hydroxyl groups is 1. The van der Waals surface area contributed by atoms with E-state index in [0.717, 1.165) is 90.6 Å². The highest BCUT2D eigenvalue weighted by Crippen LogP contribution is 2.34. The molecule has 76 heavy (non-hydrogen) atoms. The lowest BCUT2D eigenvalue weighted by Crippen LogP contribution is -2.57. The van der Waals surface area contributed by atoms with Crippen LogP contribution in [0.2, 0.25) is 0 Å². The van der Waals surface area contributed by atoms with Crippen LogP contribution in [0.1, 0.15) is 170 Å². The van der Waals surface area contributed by atoms with E-state index in [1.165, 1.54) is 28.0 Å². The van der Waals surface area contributed by atoms with E-state index < -0.39 is 29.5 Å². The summed E-state index contributed by atoms with van der Waals surface area (Å²) in [6, 6.07) is 17.2. The third kappa shape index (κ3) is 14.5. The van der Waals surface area contributed by atoms with Gasteiger partial charge in [-0.3, -0.25) is 28.8 Å². The zero-order chi connectivity index (χ0) is 54.7. The molecule has 5 atom stereocenters. The first-order valence-corrected chi connectivity index (χ1v) is 27.5. The van der Waals surface area contributed by atoms with Crippen molar-refractivity contribution in [1.29, 1.82) is 0 Å². The van der Waals surface area contributed by atoms with E-state index in [-0.39, 0.29) is 77.4 Å². The maximum Gasteiger partial charge on any atom is 0.273 e. The second-order valence-electron chi connectivity index (χ2n) is 21.6. The minimum Gasteiger partial charge on any atom is -0.507 e. The normalized spacial score (nSPS) is 16.9. The number of carbonyl (C=O) groups is 6. The van der Waals surface area contributed by atoms with Gasteiger partial charge >= 0.3 is 0 Å². The zero-order valence-electron chi connectivity index (χ0n) is 44.9. The number of hydrogen-bond acceptors (Lipinski definition) is 12. The van der Waals surface area contributed by atoms with Crippen molar-refractivity contribution in [3.8, 4) is 27.5 Å². The quantitative estimate of drug-likeness (QED) is 0.0339. The lowest BCUT2D eigenvalue weighted by Gasteiger charge is -2.35. The van der Waals surface area contributed by atoms with Crippen LogP contribution in [0.25, 0.3) is 21.8 Å². The molecule has 17 nitrogen and oxygen atoms in total. The van der Waals surface area contributed by atoms with Gasteiger partial charge in [0.2, 0.25) is 17.7 Å².